The van der Waals surface area contributed by atoms with Gasteiger partial charge < -0.3 is 9.30 Å². The summed E-state index contributed by atoms with van der Waals surface area (Å²) in [6, 6.07) is 7.16. The summed E-state index contributed by atoms with van der Waals surface area (Å²) in [6.07, 6.45) is 0. The first-order valence-corrected chi connectivity index (χ1v) is 9.54. The number of benzene rings is 1. The fraction of sp³-hybridized carbons (Fsp3) is 0.368. The van der Waals surface area contributed by atoms with Crippen molar-refractivity contribution in [2.45, 2.75) is 40.3 Å². The van der Waals surface area contributed by atoms with Crippen molar-refractivity contribution in [3.8, 4) is 0 Å². The van der Waals surface area contributed by atoms with Crippen molar-refractivity contribution in [1.82, 2.24) is 14.3 Å². The lowest BCUT2D eigenvalue weighted by Gasteiger charge is -2.08. The second-order valence-electron chi connectivity index (χ2n) is 6.43. The van der Waals surface area contributed by atoms with Crippen LogP contribution in [0, 0.1) is 6.92 Å². The number of hydrogen-bond acceptors (Lipinski definition) is 5. The molecular weight excluding hydrogens is 364 g/mol. The second-order valence-corrected chi connectivity index (χ2v) is 7.44. The molecule has 2 heterocycles. The number of amides is 1. The zero-order valence-electron chi connectivity index (χ0n) is 16.0. The van der Waals surface area contributed by atoms with Crippen LogP contribution in [0.5, 0.6) is 0 Å². The lowest BCUT2D eigenvalue weighted by molar-refractivity contribution is 0.0601. The Kier molecular flexibility index (Phi) is 5.27. The number of hydrogen-bond donors (Lipinski definition) is 0. The van der Waals surface area contributed by atoms with E-state index in [4.69, 9.17) is 4.74 Å². The lowest BCUT2D eigenvalue weighted by atomic mass is 10.2. The molecule has 0 bridgehead atoms. The highest BCUT2D eigenvalue weighted by atomic mass is 32.1. The van der Waals surface area contributed by atoms with Gasteiger partial charge in [-0.15, -0.1) is 0 Å². The third-order valence-electron chi connectivity index (χ3n) is 4.18. The van der Waals surface area contributed by atoms with Crippen LogP contribution in [0.2, 0.25) is 0 Å². The minimum atomic E-state index is -0.390. The molecule has 1 aromatic carbocycles. The van der Waals surface area contributed by atoms with E-state index >= 15 is 0 Å². The Hall–Kier alpha value is -2.74. The fourth-order valence-corrected chi connectivity index (χ4v) is 4.05. The van der Waals surface area contributed by atoms with Crippen LogP contribution < -0.4 is 4.80 Å². The van der Waals surface area contributed by atoms with Crippen molar-refractivity contribution in [1.29, 1.82) is 0 Å². The standard InChI is InChI=1S/C19H22N4O3S/c1-6-22-14-8-7-13(18(25)26-5)10-16(14)27-19(22)20-17(24)15-9-12(4)21-23(15)11(2)3/h7-11H,6H2,1-5H3. The maximum absolute atomic E-state index is 12.8. The van der Waals surface area contributed by atoms with E-state index in [1.807, 2.05) is 38.3 Å². The Balaban J connectivity index is 2.13. The first-order valence-electron chi connectivity index (χ1n) is 8.72. The van der Waals surface area contributed by atoms with E-state index in [0.29, 0.717) is 22.6 Å². The SMILES string of the molecule is CCn1c(=NC(=O)c2cc(C)nn2C(C)C)sc2cc(C(=O)OC)ccc21. The molecule has 0 spiro atoms. The molecule has 0 unspecified atom stereocenters. The molecule has 3 rings (SSSR count). The van der Waals surface area contributed by atoms with E-state index in [0.717, 1.165) is 15.9 Å². The van der Waals surface area contributed by atoms with Crippen LogP contribution in [0.25, 0.3) is 10.2 Å². The van der Waals surface area contributed by atoms with Gasteiger partial charge >= 0.3 is 5.97 Å². The van der Waals surface area contributed by atoms with E-state index in [2.05, 4.69) is 10.1 Å². The number of esters is 1. The quantitative estimate of drug-likeness (QED) is 0.644. The number of nitrogens with zero attached hydrogens (tertiary/aromatic N) is 4. The monoisotopic (exact) mass is 386 g/mol. The van der Waals surface area contributed by atoms with Gasteiger partial charge in [0.25, 0.3) is 5.91 Å². The molecule has 3 aromatic rings. The number of fused-ring (bicyclic) bond motifs is 1. The summed E-state index contributed by atoms with van der Waals surface area (Å²) in [4.78, 5) is 29.5. The highest BCUT2D eigenvalue weighted by Crippen LogP contribution is 2.20. The molecule has 0 radical (unpaired) electrons. The molecule has 8 heteroatoms. The third kappa shape index (κ3) is 3.57. The van der Waals surface area contributed by atoms with Crippen molar-refractivity contribution in [3.63, 3.8) is 0 Å². The zero-order chi connectivity index (χ0) is 19.7. The maximum atomic E-state index is 12.8. The predicted molar refractivity (Wildman–Crippen MR) is 104 cm³/mol. The predicted octanol–water partition coefficient (Wildman–Crippen LogP) is 3.34. The molecule has 7 nitrogen and oxygen atoms in total. The van der Waals surface area contributed by atoms with E-state index in [9.17, 15) is 9.59 Å². The highest BCUT2D eigenvalue weighted by molar-refractivity contribution is 7.16. The fourth-order valence-electron chi connectivity index (χ4n) is 2.92. The Morgan fingerprint density at radius 1 is 1.30 bits per heavy atom. The zero-order valence-corrected chi connectivity index (χ0v) is 16.8. The van der Waals surface area contributed by atoms with Gasteiger partial charge in [-0.05, 0) is 52.0 Å². The van der Waals surface area contributed by atoms with E-state index in [1.165, 1.54) is 18.4 Å². The van der Waals surface area contributed by atoms with Gasteiger partial charge in [0.15, 0.2) is 4.80 Å². The van der Waals surface area contributed by atoms with E-state index < -0.39 is 0 Å². The molecule has 0 saturated carbocycles. The van der Waals surface area contributed by atoms with Gasteiger partial charge in [-0.2, -0.15) is 10.1 Å². The number of aryl methyl sites for hydroxylation is 2. The van der Waals surface area contributed by atoms with Crippen LogP contribution in [0.4, 0.5) is 0 Å². The van der Waals surface area contributed by atoms with Gasteiger partial charge in [0.2, 0.25) is 0 Å². The van der Waals surface area contributed by atoms with Crippen LogP contribution in [0.3, 0.4) is 0 Å². The molecule has 0 N–H and O–H groups in total. The van der Waals surface area contributed by atoms with Crippen LogP contribution in [0.15, 0.2) is 29.3 Å². The van der Waals surface area contributed by atoms with Crippen LogP contribution in [-0.4, -0.2) is 33.3 Å². The Morgan fingerprint density at radius 3 is 2.67 bits per heavy atom. The van der Waals surface area contributed by atoms with Crippen LogP contribution in [0.1, 0.15) is 53.4 Å². The Bertz CT molecular complexity index is 1090. The lowest BCUT2D eigenvalue weighted by Crippen LogP contribution is -2.18. The van der Waals surface area contributed by atoms with Crippen molar-refractivity contribution in [2.75, 3.05) is 7.11 Å². The molecule has 0 aliphatic heterocycles. The van der Waals surface area contributed by atoms with Gasteiger partial charge in [-0.1, -0.05) is 11.3 Å². The number of methoxy groups -OCH3 is 1. The number of ether oxygens (including phenoxy) is 1. The van der Waals surface area contributed by atoms with Gasteiger partial charge in [0.05, 0.1) is 28.6 Å². The second kappa shape index (κ2) is 7.48. The molecular formula is C19H22N4O3S. The first kappa shape index (κ1) is 19.0. The average Bonchev–Trinajstić information content (AvgIpc) is 3.20. The maximum Gasteiger partial charge on any atom is 0.337 e. The summed E-state index contributed by atoms with van der Waals surface area (Å²) in [6.45, 7) is 8.46. The number of aromatic nitrogens is 3. The van der Waals surface area contributed by atoms with Gasteiger partial charge in [-0.25, -0.2) is 4.79 Å². The molecule has 142 valence electrons. The van der Waals surface area contributed by atoms with Crippen LogP contribution >= 0.6 is 11.3 Å². The van der Waals surface area contributed by atoms with Crippen molar-refractivity contribution in [2.24, 2.45) is 4.99 Å². The van der Waals surface area contributed by atoms with Gasteiger partial charge in [0, 0.05) is 12.6 Å². The van der Waals surface area contributed by atoms with Crippen molar-refractivity contribution in [3.05, 3.63) is 46.0 Å². The number of thiazole rings is 1. The minimum Gasteiger partial charge on any atom is -0.465 e. The minimum absolute atomic E-state index is 0.0659. The summed E-state index contributed by atoms with van der Waals surface area (Å²) in [7, 11) is 1.35. The smallest absolute Gasteiger partial charge is 0.337 e. The molecule has 1 amide bonds. The molecule has 2 aromatic heterocycles. The summed E-state index contributed by atoms with van der Waals surface area (Å²) in [5.41, 5.74) is 2.65. The first-order chi connectivity index (χ1) is 12.8. The molecule has 0 atom stereocenters. The van der Waals surface area contributed by atoms with Crippen molar-refractivity contribution >= 4 is 33.4 Å². The molecule has 0 aliphatic carbocycles. The van der Waals surface area contributed by atoms with E-state index in [-0.39, 0.29) is 17.9 Å². The van der Waals surface area contributed by atoms with E-state index in [1.54, 1.807) is 22.9 Å². The summed E-state index contributed by atoms with van der Waals surface area (Å²) in [5.74, 6) is -0.717. The normalized spacial score (nSPS) is 12.1. The molecule has 0 aliphatic rings. The highest BCUT2D eigenvalue weighted by Gasteiger charge is 2.17. The summed E-state index contributed by atoms with van der Waals surface area (Å²) in [5, 5.41) is 4.38. The Morgan fingerprint density at radius 2 is 2.04 bits per heavy atom. The van der Waals surface area contributed by atoms with Crippen LogP contribution in [-0.2, 0) is 11.3 Å². The van der Waals surface area contributed by atoms with Gasteiger partial charge in [0.1, 0.15) is 5.69 Å². The largest absolute Gasteiger partial charge is 0.465 e. The molecule has 27 heavy (non-hydrogen) atoms. The van der Waals surface area contributed by atoms with Gasteiger partial charge in [-0.3, -0.25) is 9.48 Å². The number of rotatable bonds is 4. The summed E-state index contributed by atoms with van der Waals surface area (Å²) < 4.78 is 9.31. The number of carbonyl (C=O) groups is 2. The average molecular weight is 386 g/mol. The topological polar surface area (TPSA) is 78.5 Å². The third-order valence-corrected chi connectivity index (χ3v) is 5.22. The molecule has 0 fully saturated rings. The van der Waals surface area contributed by atoms with Crippen molar-refractivity contribution < 1.29 is 14.3 Å². The summed E-state index contributed by atoms with van der Waals surface area (Å²) >= 11 is 1.37. The Labute approximate surface area is 160 Å². The number of carbonyl (C=O) groups excluding carboxylic acids is 2. The molecule has 0 saturated heterocycles.